The van der Waals surface area contributed by atoms with Crippen molar-refractivity contribution in [2.24, 2.45) is 0 Å². The lowest BCUT2D eigenvalue weighted by Gasteiger charge is -2.10. The van der Waals surface area contributed by atoms with Gasteiger partial charge in [-0.3, -0.25) is 0 Å². The Kier molecular flexibility index (Phi) is 3.05. The first-order valence-corrected chi connectivity index (χ1v) is 6.25. The predicted molar refractivity (Wildman–Crippen MR) is 75.2 cm³/mol. The minimum absolute atomic E-state index is 0.602. The van der Waals surface area contributed by atoms with Gasteiger partial charge in [0.2, 0.25) is 0 Å². The highest BCUT2D eigenvalue weighted by molar-refractivity contribution is 6.31. The van der Waals surface area contributed by atoms with Crippen LogP contribution in [0.1, 0.15) is 11.1 Å². The lowest BCUT2D eigenvalue weighted by atomic mass is 10.1. The SMILES string of the molecule is Cc1cccc(Cl)c1CNc1ncnc2[nH]cnc12. The minimum atomic E-state index is 0.602. The van der Waals surface area contributed by atoms with E-state index in [0.29, 0.717) is 18.0 Å². The standard InChI is InChI=1S/C13H12ClN5/c1-8-3-2-4-10(14)9(8)5-15-12-11-13(17-6-16-11)19-7-18-12/h2-4,6-7H,5H2,1H3,(H2,15,16,17,18,19). The average Bonchev–Trinajstić information content (AvgIpc) is 2.87. The molecule has 0 saturated carbocycles. The highest BCUT2D eigenvalue weighted by atomic mass is 35.5. The second-order valence-corrected chi connectivity index (χ2v) is 4.62. The zero-order chi connectivity index (χ0) is 13.2. The third-order valence-corrected chi connectivity index (χ3v) is 3.36. The van der Waals surface area contributed by atoms with Crippen LogP contribution >= 0.6 is 11.6 Å². The number of hydrogen-bond acceptors (Lipinski definition) is 4. The van der Waals surface area contributed by atoms with Crippen LogP contribution in [0.4, 0.5) is 5.82 Å². The van der Waals surface area contributed by atoms with Gasteiger partial charge in [-0.25, -0.2) is 15.0 Å². The molecule has 6 heteroatoms. The molecule has 0 spiro atoms. The number of nitrogens with one attached hydrogen (secondary N) is 2. The molecule has 3 aromatic rings. The third kappa shape index (κ3) is 2.24. The van der Waals surface area contributed by atoms with Gasteiger partial charge in [0.1, 0.15) is 11.8 Å². The summed E-state index contributed by atoms with van der Waals surface area (Å²) in [6.07, 6.45) is 3.10. The van der Waals surface area contributed by atoms with Crippen molar-refractivity contribution < 1.29 is 0 Å². The summed E-state index contributed by atoms with van der Waals surface area (Å²) in [6, 6.07) is 5.86. The van der Waals surface area contributed by atoms with E-state index in [0.717, 1.165) is 21.7 Å². The number of halogens is 1. The second kappa shape index (κ2) is 4.85. The molecule has 96 valence electrons. The van der Waals surface area contributed by atoms with Crippen molar-refractivity contribution in [3.63, 3.8) is 0 Å². The molecule has 5 nitrogen and oxygen atoms in total. The van der Waals surface area contributed by atoms with Crippen LogP contribution in [0.3, 0.4) is 0 Å². The summed E-state index contributed by atoms with van der Waals surface area (Å²) < 4.78 is 0. The first-order valence-electron chi connectivity index (χ1n) is 5.87. The summed E-state index contributed by atoms with van der Waals surface area (Å²) in [5, 5.41) is 4.00. The van der Waals surface area contributed by atoms with Gasteiger partial charge in [-0.2, -0.15) is 0 Å². The second-order valence-electron chi connectivity index (χ2n) is 4.21. The number of aromatic amines is 1. The molecule has 2 heterocycles. The molecular formula is C13H12ClN5. The van der Waals surface area contributed by atoms with E-state index < -0.39 is 0 Å². The quantitative estimate of drug-likeness (QED) is 0.770. The Bertz CT molecular complexity index is 702. The summed E-state index contributed by atoms with van der Waals surface area (Å²) in [7, 11) is 0. The molecular weight excluding hydrogens is 262 g/mol. The Morgan fingerprint density at radius 1 is 1.26 bits per heavy atom. The molecule has 0 unspecified atom stereocenters. The van der Waals surface area contributed by atoms with Crippen LogP contribution in [0.2, 0.25) is 5.02 Å². The fourth-order valence-electron chi connectivity index (χ4n) is 1.96. The van der Waals surface area contributed by atoms with Gasteiger partial charge in [0, 0.05) is 11.6 Å². The van der Waals surface area contributed by atoms with E-state index in [1.54, 1.807) is 6.33 Å². The maximum atomic E-state index is 6.20. The summed E-state index contributed by atoms with van der Waals surface area (Å²) >= 11 is 6.20. The number of aryl methyl sites for hydroxylation is 1. The van der Waals surface area contributed by atoms with E-state index in [2.05, 4.69) is 25.3 Å². The molecule has 0 fully saturated rings. The monoisotopic (exact) mass is 273 g/mol. The lowest BCUT2D eigenvalue weighted by molar-refractivity contribution is 1.08. The average molecular weight is 274 g/mol. The predicted octanol–water partition coefficient (Wildman–Crippen LogP) is 2.93. The number of H-pyrrole nitrogens is 1. The zero-order valence-corrected chi connectivity index (χ0v) is 11.1. The molecule has 0 amide bonds. The summed E-state index contributed by atoms with van der Waals surface area (Å²) in [4.78, 5) is 15.5. The molecule has 3 rings (SSSR count). The molecule has 0 saturated heterocycles. The molecule has 0 atom stereocenters. The van der Waals surface area contributed by atoms with Gasteiger partial charge >= 0.3 is 0 Å². The third-order valence-electron chi connectivity index (χ3n) is 3.00. The number of benzene rings is 1. The minimum Gasteiger partial charge on any atom is -0.364 e. The molecule has 2 aromatic heterocycles. The Labute approximate surface area is 115 Å². The van der Waals surface area contributed by atoms with Crippen LogP contribution in [0, 0.1) is 6.92 Å². The smallest absolute Gasteiger partial charge is 0.162 e. The van der Waals surface area contributed by atoms with Gasteiger partial charge in [0.05, 0.1) is 6.33 Å². The molecule has 0 radical (unpaired) electrons. The van der Waals surface area contributed by atoms with Gasteiger partial charge in [-0.1, -0.05) is 23.7 Å². The highest BCUT2D eigenvalue weighted by Crippen LogP contribution is 2.22. The van der Waals surface area contributed by atoms with E-state index >= 15 is 0 Å². The van der Waals surface area contributed by atoms with E-state index in [9.17, 15) is 0 Å². The fraction of sp³-hybridized carbons (Fsp3) is 0.154. The molecule has 0 bridgehead atoms. The highest BCUT2D eigenvalue weighted by Gasteiger charge is 2.08. The lowest BCUT2D eigenvalue weighted by Crippen LogP contribution is -2.04. The first kappa shape index (κ1) is 11.9. The van der Waals surface area contributed by atoms with Crippen molar-refractivity contribution in [1.29, 1.82) is 0 Å². The van der Waals surface area contributed by atoms with Crippen LogP contribution in [-0.2, 0) is 6.54 Å². The summed E-state index contributed by atoms with van der Waals surface area (Å²) in [5.74, 6) is 0.700. The van der Waals surface area contributed by atoms with Gasteiger partial charge < -0.3 is 10.3 Å². The Balaban J connectivity index is 1.88. The van der Waals surface area contributed by atoms with Gasteiger partial charge in [0.25, 0.3) is 0 Å². The van der Waals surface area contributed by atoms with Crippen molar-refractivity contribution in [1.82, 2.24) is 19.9 Å². The Morgan fingerprint density at radius 3 is 3.00 bits per heavy atom. The Hall–Kier alpha value is -2.14. The van der Waals surface area contributed by atoms with E-state index in [-0.39, 0.29) is 0 Å². The molecule has 0 aliphatic carbocycles. The van der Waals surface area contributed by atoms with Crippen LogP contribution in [0.25, 0.3) is 11.2 Å². The number of rotatable bonds is 3. The van der Waals surface area contributed by atoms with Crippen LogP contribution in [0.15, 0.2) is 30.9 Å². The maximum Gasteiger partial charge on any atom is 0.162 e. The molecule has 19 heavy (non-hydrogen) atoms. The summed E-state index contributed by atoms with van der Waals surface area (Å²) in [5.41, 5.74) is 3.65. The van der Waals surface area contributed by atoms with Gasteiger partial charge in [-0.15, -0.1) is 0 Å². The topological polar surface area (TPSA) is 66.5 Å². The molecule has 0 aliphatic rings. The van der Waals surface area contributed by atoms with Crippen LogP contribution in [0.5, 0.6) is 0 Å². The van der Waals surface area contributed by atoms with Crippen LogP contribution in [-0.4, -0.2) is 19.9 Å². The van der Waals surface area contributed by atoms with Crippen LogP contribution < -0.4 is 5.32 Å². The molecule has 2 N–H and O–H groups in total. The molecule has 1 aromatic carbocycles. The van der Waals surface area contributed by atoms with E-state index in [1.165, 1.54) is 6.33 Å². The fourth-order valence-corrected chi connectivity index (χ4v) is 2.25. The number of nitrogens with zero attached hydrogens (tertiary/aromatic N) is 3. The number of aromatic nitrogens is 4. The Morgan fingerprint density at radius 2 is 2.16 bits per heavy atom. The number of hydrogen-bond donors (Lipinski definition) is 2. The van der Waals surface area contributed by atoms with Crippen molar-refractivity contribution in [2.45, 2.75) is 13.5 Å². The van der Waals surface area contributed by atoms with E-state index in [4.69, 9.17) is 11.6 Å². The van der Waals surface area contributed by atoms with Gasteiger partial charge in [0.15, 0.2) is 11.5 Å². The normalized spacial score (nSPS) is 10.8. The largest absolute Gasteiger partial charge is 0.364 e. The van der Waals surface area contributed by atoms with Crippen molar-refractivity contribution in [2.75, 3.05) is 5.32 Å². The maximum absolute atomic E-state index is 6.20. The summed E-state index contributed by atoms with van der Waals surface area (Å²) in [6.45, 7) is 2.64. The zero-order valence-electron chi connectivity index (χ0n) is 10.3. The van der Waals surface area contributed by atoms with Crippen molar-refractivity contribution >= 4 is 28.6 Å². The first-order chi connectivity index (χ1) is 9.25. The van der Waals surface area contributed by atoms with Crippen molar-refractivity contribution in [3.05, 3.63) is 47.0 Å². The number of anilines is 1. The van der Waals surface area contributed by atoms with E-state index in [1.807, 2.05) is 25.1 Å². The molecule has 0 aliphatic heterocycles. The number of fused-ring (bicyclic) bond motifs is 1. The number of imidazole rings is 1. The van der Waals surface area contributed by atoms with Gasteiger partial charge in [-0.05, 0) is 24.1 Å². The van der Waals surface area contributed by atoms with Crippen molar-refractivity contribution in [3.8, 4) is 0 Å².